The molecule has 1 rings (SSSR count). The van der Waals surface area contributed by atoms with Gasteiger partial charge in [-0.2, -0.15) is 0 Å². The molecule has 1 atom stereocenters. The van der Waals surface area contributed by atoms with Crippen molar-refractivity contribution in [2.75, 3.05) is 24.8 Å². The molecule has 1 heterocycles. The number of nitrogens with two attached hydrogens (primary N) is 1. The first-order valence-electron chi connectivity index (χ1n) is 3.69. The quantitative estimate of drug-likeness (QED) is 0.743. The highest BCUT2D eigenvalue weighted by atomic mass is 32.1. The van der Waals surface area contributed by atoms with Crippen LogP contribution < -0.4 is 11.1 Å². The summed E-state index contributed by atoms with van der Waals surface area (Å²) in [4.78, 5) is 4.06. The summed E-state index contributed by atoms with van der Waals surface area (Å²) in [6, 6.07) is 0.264. The minimum Gasteiger partial charge on any atom is -0.389 e. The number of hydrogen-bond acceptors (Lipinski definition) is 5. The normalized spacial score (nSPS) is 12.8. The summed E-state index contributed by atoms with van der Waals surface area (Å²) >= 11 is 1.44. The fraction of sp³-hybridized carbons (Fsp3) is 0.571. The fourth-order valence-electron chi connectivity index (χ4n) is 0.856. The number of aromatic nitrogens is 1. The molecule has 0 aromatic carbocycles. The minimum atomic E-state index is 0.264. The lowest BCUT2D eigenvalue weighted by Crippen LogP contribution is -2.20. The van der Waals surface area contributed by atoms with Crippen LogP contribution in [-0.4, -0.2) is 24.7 Å². The molecule has 1 aromatic heterocycles. The molecule has 0 aliphatic carbocycles. The Hall–Kier alpha value is -0.810. The molecule has 1 unspecified atom stereocenters. The number of nitrogen functional groups attached to an aromatic ring is 1. The van der Waals surface area contributed by atoms with E-state index in [1.807, 2.05) is 6.92 Å². The second kappa shape index (κ2) is 4.27. The average molecular weight is 187 g/mol. The van der Waals surface area contributed by atoms with Crippen molar-refractivity contribution in [1.29, 1.82) is 0 Å². The van der Waals surface area contributed by atoms with Crippen LogP contribution in [0.1, 0.15) is 6.92 Å². The number of methoxy groups -OCH3 is 1. The van der Waals surface area contributed by atoms with Gasteiger partial charge in [0, 0.05) is 13.2 Å². The van der Waals surface area contributed by atoms with Crippen LogP contribution in [0.4, 0.5) is 10.1 Å². The van der Waals surface area contributed by atoms with E-state index in [2.05, 4.69) is 10.3 Å². The largest absolute Gasteiger partial charge is 0.389 e. The van der Waals surface area contributed by atoms with Crippen LogP contribution in [0.5, 0.6) is 0 Å². The van der Waals surface area contributed by atoms with Crippen molar-refractivity contribution in [1.82, 2.24) is 4.98 Å². The van der Waals surface area contributed by atoms with Gasteiger partial charge in [0.15, 0.2) is 5.13 Å². The third-order valence-corrected chi connectivity index (χ3v) is 2.07. The molecule has 0 aliphatic rings. The van der Waals surface area contributed by atoms with E-state index in [4.69, 9.17) is 10.5 Å². The topological polar surface area (TPSA) is 60.2 Å². The maximum absolute atomic E-state index is 5.51. The molecule has 0 amide bonds. The van der Waals surface area contributed by atoms with Crippen molar-refractivity contribution in [2.24, 2.45) is 0 Å². The smallest absolute Gasteiger partial charge is 0.184 e. The van der Waals surface area contributed by atoms with E-state index in [0.29, 0.717) is 6.61 Å². The molecule has 1 aromatic rings. The summed E-state index contributed by atoms with van der Waals surface area (Å²) in [5.74, 6) is 0. The Bertz CT molecular complexity index is 238. The van der Waals surface area contributed by atoms with E-state index in [1.54, 1.807) is 13.3 Å². The van der Waals surface area contributed by atoms with Crippen LogP contribution in [0.3, 0.4) is 0 Å². The van der Waals surface area contributed by atoms with Crippen molar-refractivity contribution in [3.8, 4) is 0 Å². The van der Waals surface area contributed by atoms with E-state index in [9.17, 15) is 0 Å². The Labute approximate surface area is 75.8 Å². The molecule has 0 saturated heterocycles. The summed E-state index contributed by atoms with van der Waals surface area (Å²) < 4.78 is 4.97. The maximum Gasteiger partial charge on any atom is 0.184 e. The minimum absolute atomic E-state index is 0.264. The lowest BCUT2D eigenvalue weighted by Gasteiger charge is -2.10. The van der Waals surface area contributed by atoms with Crippen LogP contribution >= 0.6 is 11.3 Å². The Morgan fingerprint density at radius 3 is 3.08 bits per heavy atom. The van der Waals surface area contributed by atoms with Crippen molar-refractivity contribution < 1.29 is 4.74 Å². The monoisotopic (exact) mass is 187 g/mol. The molecule has 3 N–H and O–H groups in total. The first-order valence-corrected chi connectivity index (χ1v) is 4.51. The zero-order valence-electron chi connectivity index (χ0n) is 7.20. The Morgan fingerprint density at radius 2 is 2.58 bits per heavy atom. The predicted molar refractivity (Wildman–Crippen MR) is 51.5 cm³/mol. The Morgan fingerprint density at radius 1 is 1.83 bits per heavy atom. The van der Waals surface area contributed by atoms with Gasteiger partial charge in [0.2, 0.25) is 0 Å². The third-order valence-electron chi connectivity index (χ3n) is 1.31. The zero-order valence-corrected chi connectivity index (χ0v) is 8.02. The third kappa shape index (κ3) is 2.67. The number of rotatable bonds is 4. The van der Waals surface area contributed by atoms with Crippen LogP contribution in [0.25, 0.3) is 0 Å². The summed E-state index contributed by atoms with van der Waals surface area (Å²) in [6.45, 7) is 2.70. The van der Waals surface area contributed by atoms with Gasteiger partial charge < -0.3 is 15.8 Å². The summed E-state index contributed by atoms with van der Waals surface area (Å²) in [6.07, 6.45) is 1.65. The van der Waals surface area contributed by atoms with E-state index in [1.165, 1.54) is 11.3 Å². The summed E-state index contributed by atoms with van der Waals surface area (Å²) in [5.41, 5.74) is 5.51. The fourth-order valence-corrected chi connectivity index (χ4v) is 1.55. The van der Waals surface area contributed by atoms with Crippen LogP contribution in [0, 0.1) is 0 Å². The number of hydrogen-bond donors (Lipinski definition) is 2. The van der Waals surface area contributed by atoms with E-state index in [0.717, 1.165) is 10.1 Å². The van der Waals surface area contributed by atoms with E-state index >= 15 is 0 Å². The number of nitrogens with one attached hydrogen (secondary N) is 1. The zero-order chi connectivity index (χ0) is 8.97. The lowest BCUT2D eigenvalue weighted by molar-refractivity contribution is 0.190. The highest BCUT2D eigenvalue weighted by molar-refractivity contribution is 7.19. The van der Waals surface area contributed by atoms with Gasteiger partial charge in [-0.15, -0.1) is 0 Å². The van der Waals surface area contributed by atoms with Crippen molar-refractivity contribution >= 4 is 21.5 Å². The van der Waals surface area contributed by atoms with Gasteiger partial charge in [0.05, 0.1) is 12.8 Å². The molecule has 0 saturated carbocycles. The van der Waals surface area contributed by atoms with Crippen molar-refractivity contribution in [3.05, 3.63) is 6.20 Å². The summed E-state index contributed by atoms with van der Waals surface area (Å²) in [5, 5.41) is 4.73. The lowest BCUT2D eigenvalue weighted by atomic mass is 10.4. The van der Waals surface area contributed by atoms with E-state index in [-0.39, 0.29) is 6.04 Å². The molecule has 5 heteroatoms. The van der Waals surface area contributed by atoms with Crippen LogP contribution in [-0.2, 0) is 4.74 Å². The molecule has 0 fully saturated rings. The molecular formula is C7H13N3OS. The van der Waals surface area contributed by atoms with Crippen molar-refractivity contribution in [2.45, 2.75) is 13.0 Å². The molecule has 0 radical (unpaired) electrons. The first kappa shape index (κ1) is 9.28. The highest BCUT2D eigenvalue weighted by Crippen LogP contribution is 2.19. The molecule has 0 spiro atoms. The van der Waals surface area contributed by atoms with Gasteiger partial charge >= 0.3 is 0 Å². The van der Waals surface area contributed by atoms with E-state index < -0.39 is 0 Å². The van der Waals surface area contributed by atoms with Gasteiger partial charge in [-0.1, -0.05) is 11.3 Å². The molecule has 0 bridgehead atoms. The van der Waals surface area contributed by atoms with Gasteiger partial charge in [0.1, 0.15) is 5.00 Å². The van der Waals surface area contributed by atoms with Gasteiger partial charge in [-0.05, 0) is 6.92 Å². The van der Waals surface area contributed by atoms with Gasteiger partial charge in [-0.25, -0.2) is 4.98 Å². The number of anilines is 2. The number of nitrogens with zero attached hydrogens (tertiary/aromatic N) is 1. The SMILES string of the molecule is COCC(C)Nc1ncc(N)s1. The predicted octanol–water partition coefficient (Wildman–Crippen LogP) is 1.17. The molecule has 4 nitrogen and oxygen atoms in total. The molecule has 0 aliphatic heterocycles. The molecule has 12 heavy (non-hydrogen) atoms. The average Bonchev–Trinajstić information content (AvgIpc) is 2.36. The second-order valence-corrected chi connectivity index (χ2v) is 3.63. The highest BCUT2D eigenvalue weighted by Gasteiger charge is 2.03. The molecule has 68 valence electrons. The van der Waals surface area contributed by atoms with Crippen molar-refractivity contribution in [3.63, 3.8) is 0 Å². The first-order chi connectivity index (χ1) is 5.72. The van der Waals surface area contributed by atoms with Crippen LogP contribution in [0.15, 0.2) is 6.20 Å². The van der Waals surface area contributed by atoms with Gasteiger partial charge in [0.25, 0.3) is 0 Å². The Balaban J connectivity index is 2.41. The molecular weight excluding hydrogens is 174 g/mol. The van der Waals surface area contributed by atoms with Crippen LogP contribution in [0.2, 0.25) is 0 Å². The van der Waals surface area contributed by atoms with Gasteiger partial charge in [-0.3, -0.25) is 0 Å². The second-order valence-electron chi connectivity index (χ2n) is 2.57. The number of thiazole rings is 1. The maximum atomic E-state index is 5.51. The number of ether oxygens (including phenoxy) is 1. The summed E-state index contributed by atoms with van der Waals surface area (Å²) in [7, 11) is 1.67. The Kier molecular flexibility index (Phi) is 3.31. The standard InChI is InChI=1S/C7H13N3OS/c1-5(4-11-2)10-7-9-3-6(8)12-7/h3,5H,4,8H2,1-2H3,(H,9,10).